The Bertz CT molecular complexity index is 867. The first-order valence-electron chi connectivity index (χ1n) is 9.14. The number of nitrogens with one attached hydrogen (secondary N) is 1. The van der Waals surface area contributed by atoms with E-state index >= 15 is 0 Å². The largest absolute Gasteiger partial charge is 0.494 e. The van der Waals surface area contributed by atoms with Gasteiger partial charge in [0.15, 0.2) is 11.6 Å². The van der Waals surface area contributed by atoms with Crippen LogP contribution < -0.4 is 15.0 Å². The van der Waals surface area contributed by atoms with E-state index in [1.54, 1.807) is 23.2 Å². The zero-order chi connectivity index (χ0) is 20.8. The summed E-state index contributed by atoms with van der Waals surface area (Å²) in [7, 11) is 2.84. The van der Waals surface area contributed by atoms with Crippen LogP contribution in [0, 0.1) is 5.82 Å². The molecule has 1 aromatic carbocycles. The number of piperazine rings is 1. The van der Waals surface area contributed by atoms with Gasteiger partial charge in [-0.2, -0.15) is 0 Å². The molecule has 0 saturated carbocycles. The Balaban J connectivity index is 1.56. The van der Waals surface area contributed by atoms with Gasteiger partial charge in [0.2, 0.25) is 5.91 Å². The molecular weight excluding hydrogens is 379 g/mol. The first kappa shape index (κ1) is 20.5. The highest BCUT2D eigenvalue weighted by Crippen LogP contribution is 2.20. The summed E-state index contributed by atoms with van der Waals surface area (Å²) < 4.78 is 23.5. The molecule has 1 aliphatic heterocycles. The van der Waals surface area contributed by atoms with Crippen molar-refractivity contribution in [1.29, 1.82) is 0 Å². The molecule has 0 aliphatic carbocycles. The van der Waals surface area contributed by atoms with E-state index in [0.29, 0.717) is 37.4 Å². The van der Waals surface area contributed by atoms with Crippen molar-refractivity contribution < 1.29 is 23.5 Å². The highest BCUT2D eigenvalue weighted by Gasteiger charge is 2.23. The molecule has 2 heterocycles. The number of benzene rings is 1. The third-order valence-electron chi connectivity index (χ3n) is 4.60. The highest BCUT2D eigenvalue weighted by molar-refractivity contribution is 5.94. The zero-order valence-electron chi connectivity index (χ0n) is 16.4. The molecule has 1 fully saturated rings. The van der Waals surface area contributed by atoms with E-state index in [1.165, 1.54) is 26.4 Å². The highest BCUT2D eigenvalue weighted by atomic mass is 19.1. The predicted octanol–water partition coefficient (Wildman–Crippen LogP) is 1.78. The minimum absolute atomic E-state index is 0.0180. The summed E-state index contributed by atoms with van der Waals surface area (Å²) in [6, 6.07) is 7.81. The van der Waals surface area contributed by atoms with Crippen LogP contribution in [0.4, 0.5) is 15.9 Å². The summed E-state index contributed by atoms with van der Waals surface area (Å²) >= 11 is 0. The Kier molecular flexibility index (Phi) is 6.61. The SMILES string of the molecule is COCC(=O)Nc1ccc(N2CCN(C(=O)c3ccc(OC)c(F)c3)CC2)nc1. The minimum atomic E-state index is -0.557. The number of aromatic nitrogens is 1. The number of methoxy groups -OCH3 is 2. The summed E-state index contributed by atoms with van der Waals surface area (Å²) in [5.41, 5.74) is 0.886. The van der Waals surface area contributed by atoms with Crippen LogP contribution >= 0.6 is 0 Å². The van der Waals surface area contributed by atoms with Crippen LogP contribution in [0.25, 0.3) is 0 Å². The van der Waals surface area contributed by atoms with Crippen LogP contribution in [0.2, 0.25) is 0 Å². The van der Waals surface area contributed by atoms with Crippen molar-refractivity contribution >= 4 is 23.3 Å². The van der Waals surface area contributed by atoms with Crippen molar-refractivity contribution in [2.45, 2.75) is 0 Å². The van der Waals surface area contributed by atoms with Gasteiger partial charge in [0, 0.05) is 38.9 Å². The molecule has 1 aromatic heterocycles. The van der Waals surface area contributed by atoms with Gasteiger partial charge in [-0.25, -0.2) is 9.37 Å². The third-order valence-corrected chi connectivity index (χ3v) is 4.60. The molecule has 1 N–H and O–H groups in total. The van der Waals surface area contributed by atoms with E-state index < -0.39 is 5.82 Å². The molecule has 154 valence electrons. The second-order valence-electron chi connectivity index (χ2n) is 6.51. The number of hydrogen-bond acceptors (Lipinski definition) is 6. The van der Waals surface area contributed by atoms with Gasteiger partial charge in [0.25, 0.3) is 5.91 Å². The Morgan fingerprint density at radius 1 is 1.14 bits per heavy atom. The maximum atomic E-state index is 13.9. The Morgan fingerprint density at radius 3 is 2.48 bits per heavy atom. The summed E-state index contributed by atoms with van der Waals surface area (Å²) in [5, 5.41) is 2.69. The topological polar surface area (TPSA) is 84.0 Å². The fraction of sp³-hybridized carbons (Fsp3) is 0.350. The quantitative estimate of drug-likeness (QED) is 0.793. The van der Waals surface area contributed by atoms with Crippen molar-refractivity contribution in [3.63, 3.8) is 0 Å². The lowest BCUT2D eigenvalue weighted by Crippen LogP contribution is -2.49. The van der Waals surface area contributed by atoms with Crippen LogP contribution in [-0.2, 0) is 9.53 Å². The predicted molar refractivity (Wildman–Crippen MR) is 106 cm³/mol. The van der Waals surface area contributed by atoms with Gasteiger partial charge in [-0.15, -0.1) is 0 Å². The van der Waals surface area contributed by atoms with Gasteiger partial charge in [-0.3, -0.25) is 9.59 Å². The third kappa shape index (κ3) is 5.00. The summed E-state index contributed by atoms with van der Waals surface area (Å²) in [6.45, 7) is 2.19. The number of nitrogens with zero attached hydrogens (tertiary/aromatic N) is 3. The molecule has 29 heavy (non-hydrogen) atoms. The molecule has 0 atom stereocenters. The molecule has 1 saturated heterocycles. The first-order valence-corrected chi connectivity index (χ1v) is 9.14. The van der Waals surface area contributed by atoms with E-state index in [-0.39, 0.29) is 24.2 Å². The standard InChI is InChI=1S/C20H23FN4O4/c1-28-13-19(26)23-15-4-6-18(22-12-15)24-7-9-25(10-8-24)20(27)14-3-5-17(29-2)16(21)11-14/h3-6,11-12H,7-10,13H2,1-2H3,(H,23,26). The van der Waals surface area contributed by atoms with Gasteiger partial charge in [0.05, 0.1) is 19.0 Å². The van der Waals surface area contributed by atoms with E-state index in [2.05, 4.69) is 15.2 Å². The number of ether oxygens (including phenoxy) is 2. The molecule has 0 spiro atoms. The van der Waals surface area contributed by atoms with Crippen molar-refractivity contribution in [3.05, 3.63) is 47.9 Å². The minimum Gasteiger partial charge on any atom is -0.494 e. The molecule has 8 nitrogen and oxygen atoms in total. The number of pyridine rings is 1. The van der Waals surface area contributed by atoms with Crippen molar-refractivity contribution in [2.24, 2.45) is 0 Å². The Hall–Kier alpha value is -3.20. The average molecular weight is 402 g/mol. The number of anilines is 2. The van der Waals surface area contributed by atoms with Crippen molar-refractivity contribution in [3.8, 4) is 5.75 Å². The van der Waals surface area contributed by atoms with E-state index in [0.717, 1.165) is 5.82 Å². The number of rotatable bonds is 6. The van der Waals surface area contributed by atoms with E-state index in [4.69, 9.17) is 9.47 Å². The van der Waals surface area contributed by atoms with Crippen molar-refractivity contribution in [2.75, 3.05) is 57.2 Å². The Labute approximate surface area is 168 Å². The monoisotopic (exact) mass is 402 g/mol. The summed E-state index contributed by atoms with van der Waals surface area (Å²) in [4.78, 5) is 32.3. The molecule has 0 radical (unpaired) electrons. The second-order valence-corrected chi connectivity index (χ2v) is 6.51. The van der Waals surface area contributed by atoms with Gasteiger partial charge in [-0.05, 0) is 30.3 Å². The molecular formula is C20H23FN4O4. The van der Waals surface area contributed by atoms with Crippen molar-refractivity contribution in [1.82, 2.24) is 9.88 Å². The van der Waals surface area contributed by atoms with Crippen LogP contribution in [0.3, 0.4) is 0 Å². The number of hydrogen-bond donors (Lipinski definition) is 1. The van der Waals surface area contributed by atoms with Gasteiger partial charge in [-0.1, -0.05) is 0 Å². The molecule has 0 bridgehead atoms. The zero-order valence-corrected chi connectivity index (χ0v) is 16.4. The van der Waals surface area contributed by atoms with Crippen LogP contribution in [0.5, 0.6) is 5.75 Å². The molecule has 1 aliphatic rings. The Morgan fingerprint density at radius 2 is 1.90 bits per heavy atom. The molecule has 2 aromatic rings. The maximum Gasteiger partial charge on any atom is 0.254 e. The summed E-state index contributed by atoms with van der Waals surface area (Å²) in [6.07, 6.45) is 1.58. The molecule has 9 heteroatoms. The maximum absolute atomic E-state index is 13.9. The molecule has 2 amide bonds. The van der Waals surface area contributed by atoms with Crippen LogP contribution in [0.15, 0.2) is 36.5 Å². The fourth-order valence-electron chi connectivity index (χ4n) is 3.10. The first-order chi connectivity index (χ1) is 14.0. The fourth-order valence-corrected chi connectivity index (χ4v) is 3.10. The van der Waals surface area contributed by atoms with Crippen LogP contribution in [0.1, 0.15) is 10.4 Å². The number of amides is 2. The van der Waals surface area contributed by atoms with Gasteiger partial charge < -0.3 is 24.6 Å². The number of carbonyl (C=O) groups is 2. The smallest absolute Gasteiger partial charge is 0.254 e. The molecule has 3 rings (SSSR count). The summed E-state index contributed by atoms with van der Waals surface area (Å²) in [5.74, 6) is -0.144. The van der Waals surface area contributed by atoms with E-state index in [9.17, 15) is 14.0 Å². The lowest BCUT2D eigenvalue weighted by molar-refractivity contribution is -0.119. The molecule has 0 unspecified atom stereocenters. The lowest BCUT2D eigenvalue weighted by Gasteiger charge is -2.35. The van der Waals surface area contributed by atoms with Gasteiger partial charge in [0.1, 0.15) is 12.4 Å². The lowest BCUT2D eigenvalue weighted by atomic mass is 10.1. The second kappa shape index (κ2) is 9.33. The van der Waals surface area contributed by atoms with Crippen LogP contribution in [-0.4, -0.2) is 68.7 Å². The van der Waals surface area contributed by atoms with Gasteiger partial charge >= 0.3 is 0 Å². The average Bonchev–Trinajstić information content (AvgIpc) is 2.74. The van der Waals surface area contributed by atoms with E-state index in [1.807, 2.05) is 6.07 Å². The number of carbonyl (C=O) groups excluding carboxylic acids is 2. The number of halogens is 1. The normalized spacial score (nSPS) is 13.9.